The molecule has 14 heavy (non-hydrogen) atoms. The number of hydrogen-bond donors (Lipinski definition) is 1. The Morgan fingerprint density at radius 3 is 2.71 bits per heavy atom. The minimum absolute atomic E-state index is 0.0214. The lowest BCUT2D eigenvalue weighted by Gasteiger charge is -2.16. The van der Waals surface area contributed by atoms with E-state index >= 15 is 0 Å². The predicted molar refractivity (Wildman–Crippen MR) is 55.7 cm³/mol. The second kappa shape index (κ2) is 2.77. The SMILES string of the molecule is CC(C)(C)c1ncc2c(n1)CC(N)=N2. The third kappa shape index (κ3) is 1.47. The molecule has 1 aliphatic heterocycles. The largest absolute Gasteiger partial charge is 0.387 e. The highest BCUT2D eigenvalue weighted by Gasteiger charge is 2.21. The summed E-state index contributed by atoms with van der Waals surface area (Å²) < 4.78 is 0. The Balaban J connectivity index is 2.42. The number of hydrogen-bond acceptors (Lipinski definition) is 4. The van der Waals surface area contributed by atoms with Gasteiger partial charge in [-0.15, -0.1) is 0 Å². The van der Waals surface area contributed by atoms with Crippen molar-refractivity contribution in [2.24, 2.45) is 10.7 Å². The number of fused-ring (bicyclic) bond motifs is 1. The zero-order valence-electron chi connectivity index (χ0n) is 8.70. The van der Waals surface area contributed by atoms with Gasteiger partial charge in [0.2, 0.25) is 0 Å². The van der Waals surface area contributed by atoms with Crippen molar-refractivity contribution in [1.82, 2.24) is 9.97 Å². The van der Waals surface area contributed by atoms with Gasteiger partial charge in [-0.1, -0.05) is 20.8 Å². The van der Waals surface area contributed by atoms with Crippen molar-refractivity contribution in [2.45, 2.75) is 32.6 Å². The Kier molecular flexibility index (Phi) is 1.80. The first-order chi connectivity index (χ1) is 6.47. The van der Waals surface area contributed by atoms with Gasteiger partial charge in [0, 0.05) is 11.8 Å². The number of rotatable bonds is 0. The molecule has 0 saturated heterocycles. The molecule has 0 aromatic carbocycles. The molecule has 0 amide bonds. The minimum Gasteiger partial charge on any atom is -0.387 e. The summed E-state index contributed by atoms with van der Waals surface area (Å²) in [6.07, 6.45) is 2.41. The molecule has 1 aromatic heterocycles. The maximum atomic E-state index is 5.63. The molecule has 0 unspecified atom stereocenters. The fourth-order valence-corrected chi connectivity index (χ4v) is 1.36. The molecule has 0 saturated carbocycles. The van der Waals surface area contributed by atoms with Crippen LogP contribution in [-0.4, -0.2) is 15.8 Å². The number of amidine groups is 1. The van der Waals surface area contributed by atoms with Gasteiger partial charge in [-0.3, -0.25) is 0 Å². The zero-order valence-corrected chi connectivity index (χ0v) is 8.70. The molecule has 0 bridgehead atoms. The molecule has 74 valence electrons. The number of nitrogens with two attached hydrogens (primary N) is 1. The minimum atomic E-state index is -0.0214. The molecule has 0 aliphatic carbocycles. The lowest BCUT2D eigenvalue weighted by Crippen LogP contribution is -2.17. The highest BCUT2D eigenvalue weighted by molar-refractivity contribution is 5.89. The Bertz CT molecular complexity index is 401. The fourth-order valence-electron chi connectivity index (χ4n) is 1.36. The fraction of sp³-hybridized carbons (Fsp3) is 0.500. The summed E-state index contributed by atoms with van der Waals surface area (Å²) >= 11 is 0. The van der Waals surface area contributed by atoms with Gasteiger partial charge in [0.15, 0.2) is 0 Å². The molecule has 2 N–H and O–H groups in total. The van der Waals surface area contributed by atoms with E-state index in [1.165, 1.54) is 0 Å². The second-order valence-electron chi connectivity index (χ2n) is 4.56. The average molecular weight is 190 g/mol. The van der Waals surface area contributed by atoms with Crippen LogP contribution in [0.3, 0.4) is 0 Å². The van der Waals surface area contributed by atoms with Crippen LogP contribution in [0.25, 0.3) is 0 Å². The van der Waals surface area contributed by atoms with Crippen LogP contribution in [-0.2, 0) is 11.8 Å². The Hall–Kier alpha value is -1.45. The van der Waals surface area contributed by atoms with Crippen molar-refractivity contribution in [3.63, 3.8) is 0 Å². The van der Waals surface area contributed by atoms with E-state index in [1.807, 2.05) is 0 Å². The normalized spacial score (nSPS) is 15.2. The summed E-state index contributed by atoms with van der Waals surface area (Å²) in [5.74, 6) is 1.47. The first kappa shape index (κ1) is 9.12. The molecule has 2 rings (SSSR count). The van der Waals surface area contributed by atoms with Crippen LogP contribution >= 0.6 is 0 Å². The van der Waals surface area contributed by atoms with Crippen LogP contribution in [0, 0.1) is 0 Å². The van der Waals surface area contributed by atoms with E-state index in [0.29, 0.717) is 12.3 Å². The van der Waals surface area contributed by atoms with Gasteiger partial charge in [0.05, 0.1) is 11.9 Å². The van der Waals surface area contributed by atoms with Crippen LogP contribution in [0.5, 0.6) is 0 Å². The van der Waals surface area contributed by atoms with Crippen LogP contribution in [0.1, 0.15) is 32.3 Å². The molecular formula is C10H14N4. The molecule has 0 fully saturated rings. The lowest BCUT2D eigenvalue weighted by molar-refractivity contribution is 0.543. The summed E-state index contributed by atoms with van der Waals surface area (Å²) in [4.78, 5) is 12.9. The maximum Gasteiger partial charge on any atom is 0.134 e. The topological polar surface area (TPSA) is 64.2 Å². The predicted octanol–water partition coefficient (Wildman–Crippen LogP) is 1.32. The molecule has 1 aromatic rings. The first-order valence-electron chi connectivity index (χ1n) is 4.66. The van der Waals surface area contributed by atoms with Crippen molar-refractivity contribution in [1.29, 1.82) is 0 Å². The van der Waals surface area contributed by atoms with E-state index in [1.54, 1.807) is 6.20 Å². The van der Waals surface area contributed by atoms with E-state index in [0.717, 1.165) is 17.2 Å². The Morgan fingerprint density at radius 2 is 2.07 bits per heavy atom. The number of aliphatic imine (C=N–C) groups is 1. The number of aromatic nitrogens is 2. The summed E-state index contributed by atoms with van der Waals surface area (Å²) in [7, 11) is 0. The van der Waals surface area contributed by atoms with Crippen molar-refractivity contribution >= 4 is 11.5 Å². The Morgan fingerprint density at radius 1 is 1.36 bits per heavy atom. The molecular weight excluding hydrogens is 176 g/mol. The van der Waals surface area contributed by atoms with Gasteiger partial charge < -0.3 is 5.73 Å². The third-order valence-electron chi connectivity index (χ3n) is 2.13. The smallest absolute Gasteiger partial charge is 0.134 e. The van der Waals surface area contributed by atoms with Crippen LogP contribution < -0.4 is 5.73 Å². The molecule has 0 atom stereocenters. The molecule has 2 heterocycles. The molecule has 4 heteroatoms. The van der Waals surface area contributed by atoms with Crippen molar-refractivity contribution < 1.29 is 0 Å². The second-order valence-corrected chi connectivity index (χ2v) is 4.56. The van der Waals surface area contributed by atoms with Crippen molar-refractivity contribution in [3.05, 3.63) is 17.7 Å². The van der Waals surface area contributed by atoms with E-state index in [4.69, 9.17) is 5.73 Å². The molecule has 0 radical (unpaired) electrons. The summed E-state index contributed by atoms with van der Waals surface area (Å²) in [6, 6.07) is 0. The zero-order chi connectivity index (χ0) is 10.3. The lowest BCUT2D eigenvalue weighted by atomic mass is 9.95. The van der Waals surface area contributed by atoms with Crippen LogP contribution in [0.2, 0.25) is 0 Å². The van der Waals surface area contributed by atoms with Gasteiger partial charge in [-0.2, -0.15) is 0 Å². The maximum absolute atomic E-state index is 5.63. The Labute approximate surface area is 83.3 Å². The summed E-state index contributed by atoms with van der Waals surface area (Å²) in [6.45, 7) is 6.27. The highest BCUT2D eigenvalue weighted by Crippen LogP contribution is 2.26. The standard InChI is InChI=1S/C10H14N4/c1-10(2,3)9-12-5-7-6(14-9)4-8(11)13-7/h5H,4H2,1-3H3,(H2,11,13). The average Bonchev–Trinajstić information content (AvgIpc) is 2.41. The third-order valence-corrected chi connectivity index (χ3v) is 2.13. The highest BCUT2D eigenvalue weighted by atomic mass is 15.0. The van der Waals surface area contributed by atoms with E-state index in [9.17, 15) is 0 Å². The van der Waals surface area contributed by atoms with Gasteiger partial charge in [-0.25, -0.2) is 15.0 Å². The van der Waals surface area contributed by atoms with E-state index in [2.05, 4.69) is 35.7 Å². The monoisotopic (exact) mass is 190 g/mol. The molecule has 1 aliphatic rings. The summed E-state index contributed by atoms with van der Waals surface area (Å²) in [5, 5.41) is 0. The quantitative estimate of drug-likeness (QED) is 0.671. The van der Waals surface area contributed by atoms with E-state index < -0.39 is 0 Å². The van der Waals surface area contributed by atoms with Crippen molar-refractivity contribution in [2.75, 3.05) is 0 Å². The van der Waals surface area contributed by atoms with Crippen LogP contribution in [0.4, 0.5) is 5.69 Å². The number of nitrogens with zero attached hydrogens (tertiary/aromatic N) is 3. The van der Waals surface area contributed by atoms with E-state index in [-0.39, 0.29) is 5.41 Å². The first-order valence-corrected chi connectivity index (χ1v) is 4.66. The molecule has 4 nitrogen and oxygen atoms in total. The van der Waals surface area contributed by atoms with Gasteiger partial charge in [0.25, 0.3) is 0 Å². The van der Waals surface area contributed by atoms with Gasteiger partial charge >= 0.3 is 0 Å². The van der Waals surface area contributed by atoms with Gasteiger partial charge in [-0.05, 0) is 0 Å². The van der Waals surface area contributed by atoms with Gasteiger partial charge in [0.1, 0.15) is 17.3 Å². The summed E-state index contributed by atoms with van der Waals surface area (Å²) in [5.41, 5.74) is 7.37. The van der Waals surface area contributed by atoms with Crippen LogP contribution in [0.15, 0.2) is 11.2 Å². The molecule has 0 spiro atoms. The van der Waals surface area contributed by atoms with Crippen molar-refractivity contribution in [3.8, 4) is 0 Å².